The summed E-state index contributed by atoms with van der Waals surface area (Å²) in [5.41, 5.74) is 0. The highest BCUT2D eigenvalue weighted by Crippen LogP contribution is 2.19. The first-order valence-electron chi connectivity index (χ1n) is 9.30. The largest absolute Gasteiger partial charge is 0.379 e. The maximum absolute atomic E-state index is 12.6. The molecule has 1 aromatic rings. The van der Waals surface area contributed by atoms with E-state index in [-0.39, 0.29) is 22.4 Å². The third kappa shape index (κ3) is 5.09. The van der Waals surface area contributed by atoms with Crippen LogP contribution in [0.4, 0.5) is 0 Å². The molecule has 2 fully saturated rings. The molecule has 1 atom stereocenters. The van der Waals surface area contributed by atoms with Crippen molar-refractivity contribution in [1.29, 1.82) is 0 Å². The highest BCUT2D eigenvalue weighted by atomic mass is 32.2. The van der Waals surface area contributed by atoms with E-state index in [0.717, 1.165) is 13.1 Å². The van der Waals surface area contributed by atoms with E-state index in [2.05, 4.69) is 9.62 Å². The van der Waals surface area contributed by atoms with E-state index in [1.165, 1.54) is 28.6 Å². The van der Waals surface area contributed by atoms with Gasteiger partial charge in [-0.1, -0.05) is 0 Å². The van der Waals surface area contributed by atoms with Crippen molar-refractivity contribution >= 4 is 20.0 Å². The number of hydrogen-bond donors (Lipinski definition) is 1. The minimum absolute atomic E-state index is 0.0413. The summed E-state index contributed by atoms with van der Waals surface area (Å²) < 4.78 is 64.8. The van der Waals surface area contributed by atoms with Gasteiger partial charge in [0.1, 0.15) is 0 Å². The SMILES string of the molecule is CC(CNS(=O)(=O)c1ccc(S(=O)(=O)N2CCOCC2)cc1)N1CCOCC1. The topological polar surface area (TPSA) is 105 Å². The molecule has 2 heterocycles. The van der Waals surface area contributed by atoms with Crippen molar-refractivity contribution in [3.8, 4) is 0 Å². The van der Waals surface area contributed by atoms with Crippen LogP contribution in [0, 0.1) is 0 Å². The van der Waals surface area contributed by atoms with Crippen LogP contribution in [-0.4, -0.2) is 91.2 Å². The molecule has 0 saturated carbocycles. The van der Waals surface area contributed by atoms with Gasteiger partial charge in [-0.15, -0.1) is 0 Å². The Balaban J connectivity index is 1.64. The summed E-state index contributed by atoms with van der Waals surface area (Å²) in [7, 11) is -7.36. The summed E-state index contributed by atoms with van der Waals surface area (Å²) in [5.74, 6) is 0. The Hall–Kier alpha value is -1.08. The smallest absolute Gasteiger partial charge is 0.243 e. The third-order valence-electron chi connectivity index (χ3n) is 4.98. The lowest BCUT2D eigenvalue weighted by atomic mass is 10.2. The number of nitrogens with one attached hydrogen (secondary N) is 1. The van der Waals surface area contributed by atoms with E-state index in [4.69, 9.17) is 9.47 Å². The number of morpholine rings is 2. The van der Waals surface area contributed by atoms with Crippen LogP contribution in [0.5, 0.6) is 0 Å². The molecule has 0 amide bonds. The Kier molecular flexibility index (Phi) is 7.07. The van der Waals surface area contributed by atoms with Gasteiger partial charge in [-0.3, -0.25) is 4.90 Å². The molecule has 28 heavy (non-hydrogen) atoms. The highest BCUT2D eigenvalue weighted by molar-refractivity contribution is 7.89. The Morgan fingerprint density at radius 2 is 1.39 bits per heavy atom. The molecule has 9 nitrogen and oxygen atoms in total. The molecule has 1 aromatic carbocycles. The predicted octanol–water partition coefficient (Wildman–Crippen LogP) is -0.293. The average Bonchev–Trinajstić information content (AvgIpc) is 2.73. The van der Waals surface area contributed by atoms with Gasteiger partial charge in [-0.25, -0.2) is 21.6 Å². The standard InChI is InChI=1S/C17H27N3O6S2/c1-15(19-6-10-25-11-7-19)14-18-27(21,22)16-2-4-17(5-3-16)28(23,24)20-8-12-26-13-9-20/h2-5,15,18H,6-14H2,1H3. The van der Waals surface area contributed by atoms with Gasteiger partial charge in [0.15, 0.2) is 0 Å². The molecule has 2 aliphatic heterocycles. The number of rotatable bonds is 7. The van der Waals surface area contributed by atoms with E-state index in [1.54, 1.807) is 0 Å². The Morgan fingerprint density at radius 3 is 1.96 bits per heavy atom. The van der Waals surface area contributed by atoms with Crippen molar-refractivity contribution in [2.45, 2.75) is 22.8 Å². The van der Waals surface area contributed by atoms with Gasteiger partial charge in [-0.05, 0) is 31.2 Å². The summed E-state index contributed by atoms with van der Waals surface area (Å²) in [4.78, 5) is 2.29. The first-order valence-corrected chi connectivity index (χ1v) is 12.2. The van der Waals surface area contributed by atoms with Crippen molar-refractivity contribution in [3.63, 3.8) is 0 Å². The normalized spacial score (nSPS) is 21.5. The molecule has 0 aliphatic carbocycles. The van der Waals surface area contributed by atoms with Crippen molar-refractivity contribution in [3.05, 3.63) is 24.3 Å². The zero-order chi connectivity index (χ0) is 20.2. The summed E-state index contributed by atoms with van der Waals surface area (Å²) in [6.45, 7) is 6.39. The van der Waals surface area contributed by atoms with Crippen molar-refractivity contribution in [2.24, 2.45) is 0 Å². The van der Waals surface area contributed by atoms with Crippen LogP contribution in [0.1, 0.15) is 6.92 Å². The third-order valence-corrected chi connectivity index (χ3v) is 8.33. The fourth-order valence-corrected chi connectivity index (χ4v) is 5.72. The zero-order valence-corrected chi connectivity index (χ0v) is 17.5. The van der Waals surface area contributed by atoms with Gasteiger partial charge < -0.3 is 9.47 Å². The van der Waals surface area contributed by atoms with Crippen molar-refractivity contribution in [2.75, 3.05) is 59.2 Å². The molecule has 3 rings (SSSR count). The molecule has 2 aliphatic rings. The van der Waals surface area contributed by atoms with Gasteiger partial charge in [0, 0.05) is 38.8 Å². The van der Waals surface area contributed by atoms with Crippen molar-refractivity contribution < 1.29 is 26.3 Å². The number of benzene rings is 1. The van der Waals surface area contributed by atoms with Crippen LogP contribution in [-0.2, 0) is 29.5 Å². The minimum Gasteiger partial charge on any atom is -0.379 e. The molecule has 0 bridgehead atoms. The van der Waals surface area contributed by atoms with E-state index in [1.807, 2.05) is 6.92 Å². The monoisotopic (exact) mass is 433 g/mol. The Bertz CT molecular complexity index is 845. The van der Waals surface area contributed by atoms with Crippen LogP contribution >= 0.6 is 0 Å². The Labute approximate surface area is 166 Å². The molecule has 0 aromatic heterocycles. The summed E-state index contributed by atoms with van der Waals surface area (Å²) >= 11 is 0. The lowest BCUT2D eigenvalue weighted by Crippen LogP contribution is -2.47. The second-order valence-corrected chi connectivity index (χ2v) is 10.5. The lowest BCUT2D eigenvalue weighted by Gasteiger charge is -2.32. The molecule has 1 unspecified atom stereocenters. The first-order chi connectivity index (χ1) is 13.3. The number of hydrogen-bond acceptors (Lipinski definition) is 7. The second kappa shape index (κ2) is 9.16. The van der Waals surface area contributed by atoms with E-state index in [0.29, 0.717) is 39.5 Å². The lowest BCUT2D eigenvalue weighted by molar-refractivity contribution is 0.0213. The predicted molar refractivity (Wildman–Crippen MR) is 103 cm³/mol. The van der Waals surface area contributed by atoms with Crippen LogP contribution in [0.15, 0.2) is 34.1 Å². The van der Waals surface area contributed by atoms with Gasteiger partial charge in [0.05, 0.1) is 36.2 Å². The summed E-state index contributed by atoms with van der Waals surface area (Å²) in [5, 5.41) is 0. The fraction of sp³-hybridized carbons (Fsp3) is 0.647. The van der Waals surface area contributed by atoms with Gasteiger partial charge in [-0.2, -0.15) is 4.31 Å². The molecule has 11 heteroatoms. The molecule has 2 saturated heterocycles. The van der Waals surface area contributed by atoms with E-state index >= 15 is 0 Å². The second-order valence-electron chi connectivity index (χ2n) is 6.84. The average molecular weight is 434 g/mol. The first kappa shape index (κ1) is 21.6. The number of nitrogens with zero attached hydrogens (tertiary/aromatic N) is 2. The molecule has 158 valence electrons. The quantitative estimate of drug-likeness (QED) is 0.630. The maximum Gasteiger partial charge on any atom is 0.243 e. The molecule has 0 spiro atoms. The van der Waals surface area contributed by atoms with Crippen LogP contribution < -0.4 is 4.72 Å². The highest BCUT2D eigenvalue weighted by Gasteiger charge is 2.27. The van der Waals surface area contributed by atoms with Crippen LogP contribution in [0.2, 0.25) is 0 Å². The van der Waals surface area contributed by atoms with Gasteiger partial charge in [0.2, 0.25) is 20.0 Å². The van der Waals surface area contributed by atoms with Gasteiger partial charge in [0.25, 0.3) is 0 Å². The van der Waals surface area contributed by atoms with Crippen LogP contribution in [0.25, 0.3) is 0 Å². The van der Waals surface area contributed by atoms with E-state index < -0.39 is 20.0 Å². The van der Waals surface area contributed by atoms with E-state index in [9.17, 15) is 16.8 Å². The van der Waals surface area contributed by atoms with Crippen molar-refractivity contribution in [1.82, 2.24) is 13.9 Å². The Morgan fingerprint density at radius 1 is 0.893 bits per heavy atom. The fourth-order valence-electron chi connectivity index (χ4n) is 3.19. The molecule has 0 radical (unpaired) electrons. The summed E-state index contributed by atoms with van der Waals surface area (Å²) in [6.07, 6.45) is 0. The summed E-state index contributed by atoms with van der Waals surface area (Å²) in [6, 6.07) is 5.37. The number of ether oxygens (including phenoxy) is 2. The minimum atomic E-state index is -3.72. The molecule has 1 N–H and O–H groups in total. The van der Waals surface area contributed by atoms with Crippen LogP contribution in [0.3, 0.4) is 0 Å². The maximum atomic E-state index is 12.6. The molecular weight excluding hydrogens is 406 g/mol. The zero-order valence-electron chi connectivity index (χ0n) is 15.9. The number of sulfonamides is 2. The molecular formula is C17H27N3O6S2. The van der Waals surface area contributed by atoms with Gasteiger partial charge >= 0.3 is 0 Å².